The standard InChI is InChI=1S/C19H18Cl2N2O3/c1-3-26-16-7-5-4-6-12(16)11-23-17(24)19(2,22-18(23)25)14-9-8-13(20)10-15(14)21/h4-10H,3,11H2,1-2H3,(H,22,25)/t19-/m1/s1. The molecule has 0 bridgehead atoms. The lowest BCUT2D eigenvalue weighted by atomic mass is 9.92. The fourth-order valence-corrected chi connectivity index (χ4v) is 3.62. The maximum absolute atomic E-state index is 13.1. The second-order valence-corrected chi connectivity index (χ2v) is 6.95. The minimum absolute atomic E-state index is 0.113. The number of para-hydroxylation sites is 1. The molecule has 1 N–H and O–H groups in total. The zero-order valence-electron chi connectivity index (χ0n) is 14.4. The lowest BCUT2D eigenvalue weighted by Crippen LogP contribution is -2.41. The van der Waals surface area contributed by atoms with E-state index in [1.807, 2.05) is 31.2 Å². The number of hydrogen-bond donors (Lipinski definition) is 1. The average molecular weight is 393 g/mol. The number of nitrogens with one attached hydrogen (secondary N) is 1. The van der Waals surface area contributed by atoms with Crippen molar-refractivity contribution >= 4 is 35.1 Å². The van der Waals surface area contributed by atoms with E-state index in [1.54, 1.807) is 25.1 Å². The van der Waals surface area contributed by atoms with E-state index in [9.17, 15) is 9.59 Å². The van der Waals surface area contributed by atoms with E-state index in [4.69, 9.17) is 27.9 Å². The van der Waals surface area contributed by atoms with Crippen molar-refractivity contribution in [3.8, 4) is 5.75 Å². The highest BCUT2D eigenvalue weighted by molar-refractivity contribution is 6.35. The van der Waals surface area contributed by atoms with E-state index < -0.39 is 11.6 Å². The molecule has 0 saturated carbocycles. The van der Waals surface area contributed by atoms with Crippen LogP contribution in [0.3, 0.4) is 0 Å². The molecule has 0 radical (unpaired) electrons. The van der Waals surface area contributed by atoms with Gasteiger partial charge in [0.2, 0.25) is 0 Å². The number of hydrogen-bond acceptors (Lipinski definition) is 3. The number of benzene rings is 2. The maximum atomic E-state index is 13.1. The molecule has 7 heteroatoms. The molecule has 1 saturated heterocycles. The van der Waals surface area contributed by atoms with Crippen molar-refractivity contribution in [2.75, 3.05) is 6.61 Å². The van der Waals surface area contributed by atoms with Gasteiger partial charge in [-0.2, -0.15) is 0 Å². The maximum Gasteiger partial charge on any atom is 0.325 e. The number of carbonyl (C=O) groups is 2. The highest BCUT2D eigenvalue weighted by Gasteiger charge is 2.50. The summed E-state index contributed by atoms with van der Waals surface area (Å²) in [5.74, 6) is 0.270. The van der Waals surface area contributed by atoms with Crippen LogP contribution in [0, 0.1) is 0 Å². The molecule has 1 aliphatic heterocycles. The van der Waals surface area contributed by atoms with Gasteiger partial charge in [0.25, 0.3) is 5.91 Å². The molecule has 1 fully saturated rings. The Kier molecular flexibility index (Phi) is 5.12. The minimum atomic E-state index is -1.25. The molecule has 1 aliphatic rings. The van der Waals surface area contributed by atoms with Gasteiger partial charge < -0.3 is 10.1 Å². The Hall–Kier alpha value is -2.24. The molecule has 0 spiro atoms. The summed E-state index contributed by atoms with van der Waals surface area (Å²) in [6.07, 6.45) is 0. The quantitative estimate of drug-likeness (QED) is 0.768. The third-order valence-corrected chi connectivity index (χ3v) is 4.89. The summed E-state index contributed by atoms with van der Waals surface area (Å²) in [5, 5.41) is 3.53. The molecule has 26 heavy (non-hydrogen) atoms. The van der Waals surface area contributed by atoms with Gasteiger partial charge in [0.15, 0.2) is 0 Å². The van der Waals surface area contributed by atoms with Gasteiger partial charge in [-0.05, 0) is 32.0 Å². The van der Waals surface area contributed by atoms with E-state index >= 15 is 0 Å². The van der Waals surface area contributed by atoms with Crippen molar-refractivity contribution in [2.24, 2.45) is 0 Å². The van der Waals surface area contributed by atoms with Gasteiger partial charge in [0.05, 0.1) is 13.2 Å². The van der Waals surface area contributed by atoms with Crippen LogP contribution in [0.15, 0.2) is 42.5 Å². The van der Waals surface area contributed by atoms with Gasteiger partial charge in [0.1, 0.15) is 11.3 Å². The number of imide groups is 1. The molecule has 0 aliphatic carbocycles. The van der Waals surface area contributed by atoms with Crippen molar-refractivity contribution in [3.05, 3.63) is 63.6 Å². The van der Waals surface area contributed by atoms with E-state index in [-0.39, 0.29) is 12.5 Å². The Morgan fingerprint density at radius 3 is 2.58 bits per heavy atom. The molecule has 136 valence electrons. The Morgan fingerprint density at radius 2 is 1.88 bits per heavy atom. The summed E-state index contributed by atoms with van der Waals surface area (Å²) in [7, 11) is 0. The molecule has 2 aromatic carbocycles. The fourth-order valence-electron chi connectivity index (χ4n) is 3.02. The molecular weight excluding hydrogens is 375 g/mol. The number of amides is 3. The van der Waals surface area contributed by atoms with Crippen molar-refractivity contribution in [1.82, 2.24) is 10.2 Å². The average Bonchev–Trinajstić information content (AvgIpc) is 2.80. The van der Waals surface area contributed by atoms with Crippen LogP contribution in [0.4, 0.5) is 4.79 Å². The monoisotopic (exact) mass is 392 g/mol. The van der Waals surface area contributed by atoms with Crippen molar-refractivity contribution in [3.63, 3.8) is 0 Å². The molecule has 0 unspecified atom stereocenters. The van der Waals surface area contributed by atoms with Gasteiger partial charge >= 0.3 is 6.03 Å². The van der Waals surface area contributed by atoms with Gasteiger partial charge in [0, 0.05) is 21.2 Å². The Bertz CT molecular complexity index is 872. The molecule has 0 aromatic heterocycles. The highest BCUT2D eigenvalue weighted by atomic mass is 35.5. The zero-order chi connectivity index (χ0) is 18.9. The molecule has 3 amide bonds. The lowest BCUT2D eigenvalue weighted by Gasteiger charge is -2.23. The van der Waals surface area contributed by atoms with E-state index in [0.717, 1.165) is 5.56 Å². The summed E-state index contributed by atoms with van der Waals surface area (Å²) in [6.45, 7) is 4.12. The predicted molar refractivity (Wildman–Crippen MR) is 101 cm³/mol. The summed E-state index contributed by atoms with van der Waals surface area (Å²) in [5.41, 5.74) is 0.00563. The summed E-state index contributed by atoms with van der Waals surface area (Å²) in [4.78, 5) is 26.7. The van der Waals surface area contributed by atoms with Crippen LogP contribution in [0.2, 0.25) is 10.0 Å². The SMILES string of the molecule is CCOc1ccccc1CN1C(=O)N[C@](C)(c2ccc(Cl)cc2Cl)C1=O. The number of halogens is 2. The molecular formula is C19H18Cl2N2O3. The van der Waals surface area contributed by atoms with Crippen LogP contribution in [0.1, 0.15) is 25.0 Å². The number of carbonyl (C=O) groups excluding carboxylic acids is 2. The first-order valence-electron chi connectivity index (χ1n) is 8.17. The van der Waals surface area contributed by atoms with Crippen molar-refractivity contribution in [2.45, 2.75) is 25.9 Å². The molecule has 1 atom stereocenters. The molecule has 5 nitrogen and oxygen atoms in total. The number of ether oxygens (including phenoxy) is 1. The zero-order valence-corrected chi connectivity index (χ0v) is 15.9. The third-order valence-electron chi connectivity index (χ3n) is 4.35. The van der Waals surface area contributed by atoms with Gasteiger partial charge in [-0.15, -0.1) is 0 Å². The van der Waals surface area contributed by atoms with E-state index in [0.29, 0.717) is 28.0 Å². The third kappa shape index (κ3) is 3.24. The lowest BCUT2D eigenvalue weighted by molar-refractivity contribution is -0.131. The van der Waals surface area contributed by atoms with Crippen molar-refractivity contribution in [1.29, 1.82) is 0 Å². The summed E-state index contributed by atoms with van der Waals surface area (Å²) < 4.78 is 5.58. The first kappa shape index (κ1) is 18.5. The van der Waals surface area contributed by atoms with Crippen LogP contribution in [0.5, 0.6) is 5.75 Å². The predicted octanol–water partition coefficient (Wildman–Crippen LogP) is 4.36. The van der Waals surface area contributed by atoms with E-state index in [1.165, 1.54) is 4.90 Å². The first-order chi connectivity index (χ1) is 12.4. The van der Waals surface area contributed by atoms with Crippen molar-refractivity contribution < 1.29 is 14.3 Å². The highest BCUT2D eigenvalue weighted by Crippen LogP contribution is 2.36. The summed E-state index contributed by atoms with van der Waals surface area (Å²) in [6, 6.07) is 11.7. The Labute approximate surface area is 161 Å². The Morgan fingerprint density at radius 1 is 1.15 bits per heavy atom. The molecule has 3 rings (SSSR count). The second kappa shape index (κ2) is 7.17. The largest absolute Gasteiger partial charge is 0.494 e. The number of urea groups is 1. The topological polar surface area (TPSA) is 58.6 Å². The van der Waals surface area contributed by atoms with Gasteiger partial charge in [-0.3, -0.25) is 9.69 Å². The van der Waals surface area contributed by atoms with Crippen LogP contribution >= 0.6 is 23.2 Å². The van der Waals surface area contributed by atoms with Gasteiger partial charge in [-0.25, -0.2) is 4.79 Å². The minimum Gasteiger partial charge on any atom is -0.494 e. The second-order valence-electron chi connectivity index (χ2n) is 6.11. The van der Waals surface area contributed by atoms with Gasteiger partial charge in [-0.1, -0.05) is 47.5 Å². The van der Waals surface area contributed by atoms with Crippen LogP contribution in [0.25, 0.3) is 0 Å². The molecule has 2 aromatic rings. The smallest absolute Gasteiger partial charge is 0.325 e. The first-order valence-corrected chi connectivity index (χ1v) is 8.92. The fraction of sp³-hybridized carbons (Fsp3) is 0.263. The normalized spacial score (nSPS) is 19.6. The number of nitrogens with zero attached hydrogens (tertiary/aromatic N) is 1. The Balaban J connectivity index is 1.92. The van der Waals surface area contributed by atoms with Crippen LogP contribution in [-0.2, 0) is 16.9 Å². The van der Waals surface area contributed by atoms with Crippen LogP contribution in [-0.4, -0.2) is 23.4 Å². The van der Waals surface area contributed by atoms with E-state index in [2.05, 4.69) is 5.32 Å². The summed E-state index contributed by atoms with van der Waals surface area (Å²) >= 11 is 12.2. The molecule has 1 heterocycles. The number of rotatable bonds is 5. The van der Waals surface area contributed by atoms with Crippen LogP contribution < -0.4 is 10.1 Å².